The SMILES string of the molecule is Nc1ncnc2c(CN3CCC(CSc4cnccn4)C3)c[nH]c12. The van der Waals surface area contributed by atoms with Gasteiger partial charge < -0.3 is 10.7 Å². The highest BCUT2D eigenvalue weighted by atomic mass is 32.2. The van der Waals surface area contributed by atoms with Crippen LogP contribution in [0.25, 0.3) is 11.0 Å². The van der Waals surface area contributed by atoms with Gasteiger partial charge in [-0.1, -0.05) is 0 Å². The Bertz CT molecular complexity index is 820. The minimum atomic E-state index is 0.505. The zero-order valence-electron chi connectivity index (χ0n) is 13.2. The van der Waals surface area contributed by atoms with Gasteiger partial charge in [0.2, 0.25) is 0 Å². The third-order valence-corrected chi connectivity index (χ3v) is 5.49. The summed E-state index contributed by atoms with van der Waals surface area (Å²) in [6.45, 7) is 3.10. The van der Waals surface area contributed by atoms with Gasteiger partial charge in [-0.3, -0.25) is 9.88 Å². The topological polar surface area (TPSA) is 96.6 Å². The lowest BCUT2D eigenvalue weighted by Gasteiger charge is -2.15. The molecule has 3 N–H and O–H groups in total. The van der Waals surface area contributed by atoms with Gasteiger partial charge in [-0.2, -0.15) is 0 Å². The second kappa shape index (κ2) is 6.74. The van der Waals surface area contributed by atoms with E-state index in [1.165, 1.54) is 18.3 Å². The first kappa shape index (κ1) is 15.3. The summed E-state index contributed by atoms with van der Waals surface area (Å²) in [4.78, 5) is 22.5. The first-order valence-electron chi connectivity index (χ1n) is 7.97. The molecule has 7 nitrogen and oxygen atoms in total. The maximum Gasteiger partial charge on any atom is 0.151 e. The van der Waals surface area contributed by atoms with Crippen LogP contribution >= 0.6 is 11.8 Å². The van der Waals surface area contributed by atoms with Crippen molar-refractivity contribution in [2.45, 2.75) is 18.0 Å². The summed E-state index contributed by atoms with van der Waals surface area (Å²) in [7, 11) is 0. The summed E-state index contributed by atoms with van der Waals surface area (Å²) in [5.41, 5.74) is 8.83. The molecule has 1 saturated heterocycles. The molecule has 24 heavy (non-hydrogen) atoms. The van der Waals surface area contributed by atoms with Gasteiger partial charge in [-0.05, 0) is 18.9 Å². The molecule has 0 radical (unpaired) electrons. The lowest BCUT2D eigenvalue weighted by Crippen LogP contribution is -2.20. The van der Waals surface area contributed by atoms with Crippen molar-refractivity contribution in [1.29, 1.82) is 0 Å². The number of rotatable bonds is 5. The number of nitrogen functional groups attached to an aromatic ring is 1. The summed E-state index contributed by atoms with van der Waals surface area (Å²) in [6, 6.07) is 0. The molecular weight excluding hydrogens is 322 g/mol. The molecule has 0 aromatic carbocycles. The zero-order chi connectivity index (χ0) is 16.4. The minimum absolute atomic E-state index is 0.505. The van der Waals surface area contributed by atoms with Crippen molar-refractivity contribution in [3.05, 3.63) is 36.7 Å². The van der Waals surface area contributed by atoms with Crippen LogP contribution in [0.2, 0.25) is 0 Å². The molecule has 4 rings (SSSR count). The van der Waals surface area contributed by atoms with Gasteiger partial charge in [-0.15, -0.1) is 11.8 Å². The second-order valence-electron chi connectivity index (χ2n) is 6.04. The Morgan fingerprint density at radius 2 is 2.25 bits per heavy atom. The number of nitrogens with one attached hydrogen (secondary N) is 1. The van der Waals surface area contributed by atoms with Crippen molar-refractivity contribution in [1.82, 2.24) is 29.8 Å². The number of anilines is 1. The van der Waals surface area contributed by atoms with E-state index in [1.54, 1.807) is 24.2 Å². The lowest BCUT2D eigenvalue weighted by molar-refractivity contribution is 0.322. The number of nitrogens with two attached hydrogens (primary N) is 1. The fourth-order valence-corrected chi connectivity index (χ4v) is 4.08. The van der Waals surface area contributed by atoms with Crippen molar-refractivity contribution in [2.75, 3.05) is 24.6 Å². The maximum absolute atomic E-state index is 5.88. The second-order valence-corrected chi connectivity index (χ2v) is 7.08. The van der Waals surface area contributed by atoms with Gasteiger partial charge in [0.25, 0.3) is 0 Å². The van der Waals surface area contributed by atoms with E-state index in [-0.39, 0.29) is 0 Å². The number of fused-ring (bicyclic) bond motifs is 1. The summed E-state index contributed by atoms with van der Waals surface area (Å²) < 4.78 is 0. The van der Waals surface area contributed by atoms with Crippen molar-refractivity contribution >= 4 is 28.6 Å². The van der Waals surface area contributed by atoms with Gasteiger partial charge in [0, 0.05) is 43.0 Å². The number of aromatic nitrogens is 5. The Kier molecular flexibility index (Phi) is 4.31. The van der Waals surface area contributed by atoms with Crippen LogP contribution in [0.4, 0.5) is 5.82 Å². The first-order chi connectivity index (χ1) is 11.8. The maximum atomic E-state index is 5.88. The Hall–Kier alpha value is -2.19. The monoisotopic (exact) mass is 341 g/mol. The number of H-pyrrole nitrogens is 1. The number of aromatic amines is 1. The normalized spacial score (nSPS) is 18.4. The summed E-state index contributed by atoms with van der Waals surface area (Å²) in [5, 5.41) is 1.000. The fourth-order valence-electron chi connectivity index (χ4n) is 3.13. The molecule has 1 aliphatic rings. The molecule has 0 saturated carbocycles. The third-order valence-electron chi connectivity index (χ3n) is 4.34. The molecule has 1 atom stereocenters. The van der Waals surface area contributed by atoms with Crippen LogP contribution in [0.1, 0.15) is 12.0 Å². The molecule has 1 aliphatic heterocycles. The smallest absolute Gasteiger partial charge is 0.151 e. The average molecular weight is 341 g/mol. The quantitative estimate of drug-likeness (QED) is 0.685. The number of thioether (sulfide) groups is 1. The average Bonchev–Trinajstić information content (AvgIpc) is 3.23. The molecule has 8 heteroatoms. The highest BCUT2D eigenvalue weighted by molar-refractivity contribution is 7.99. The summed E-state index contributed by atoms with van der Waals surface area (Å²) in [6.07, 6.45) is 10.0. The molecule has 3 aromatic heterocycles. The Labute approximate surface area is 144 Å². The molecule has 0 spiro atoms. The van der Waals surface area contributed by atoms with Crippen LogP contribution in [-0.4, -0.2) is 48.7 Å². The molecule has 0 bridgehead atoms. The van der Waals surface area contributed by atoms with Crippen LogP contribution in [-0.2, 0) is 6.54 Å². The number of hydrogen-bond acceptors (Lipinski definition) is 7. The summed E-state index contributed by atoms with van der Waals surface area (Å²) >= 11 is 1.79. The fraction of sp³-hybridized carbons (Fsp3) is 0.375. The highest BCUT2D eigenvalue weighted by Gasteiger charge is 2.23. The molecule has 124 valence electrons. The van der Waals surface area contributed by atoms with Crippen LogP contribution in [0.15, 0.2) is 36.1 Å². The largest absolute Gasteiger partial charge is 0.382 e. The predicted octanol–water partition coefficient (Wildman–Crippen LogP) is 1.94. The van der Waals surface area contributed by atoms with Gasteiger partial charge in [0.1, 0.15) is 16.9 Å². The molecule has 3 aromatic rings. The van der Waals surface area contributed by atoms with Crippen LogP contribution in [0.5, 0.6) is 0 Å². The molecule has 4 heterocycles. The van der Waals surface area contributed by atoms with Crippen LogP contribution < -0.4 is 5.73 Å². The van der Waals surface area contributed by atoms with Crippen LogP contribution in [0, 0.1) is 5.92 Å². The molecule has 1 unspecified atom stereocenters. The van der Waals surface area contributed by atoms with Crippen molar-refractivity contribution in [3.8, 4) is 0 Å². The van der Waals surface area contributed by atoms with Gasteiger partial charge >= 0.3 is 0 Å². The van der Waals surface area contributed by atoms with E-state index in [4.69, 9.17) is 5.73 Å². The summed E-state index contributed by atoms with van der Waals surface area (Å²) in [5.74, 6) is 2.27. The molecule has 0 aliphatic carbocycles. The Balaban J connectivity index is 1.36. The van der Waals surface area contributed by atoms with Crippen LogP contribution in [0.3, 0.4) is 0 Å². The van der Waals surface area contributed by atoms with Crippen molar-refractivity contribution in [3.63, 3.8) is 0 Å². The Morgan fingerprint density at radius 3 is 3.12 bits per heavy atom. The molecule has 0 amide bonds. The molecular formula is C16H19N7S. The number of nitrogens with zero attached hydrogens (tertiary/aromatic N) is 5. The van der Waals surface area contributed by atoms with Gasteiger partial charge in [0.15, 0.2) is 5.82 Å². The first-order valence-corrected chi connectivity index (χ1v) is 8.96. The van der Waals surface area contributed by atoms with E-state index >= 15 is 0 Å². The van der Waals surface area contributed by atoms with E-state index in [0.29, 0.717) is 11.7 Å². The zero-order valence-corrected chi connectivity index (χ0v) is 14.0. The lowest BCUT2D eigenvalue weighted by atomic mass is 10.2. The van der Waals surface area contributed by atoms with E-state index < -0.39 is 0 Å². The van der Waals surface area contributed by atoms with Crippen molar-refractivity contribution in [2.24, 2.45) is 5.92 Å². The van der Waals surface area contributed by atoms with Gasteiger partial charge in [0.05, 0.1) is 11.7 Å². The van der Waals surface area contributed by atoms with E-state index in [9.17, 15) is 0 Å². The van der Waals surface area contributed by atoms with E-state index in [1.807, 2.05) is 12.4 Å². The van der Waals surface area contributed by atoms with E-state index in [0.717, 1.165) is 41.4 Å². The van der Waals surface area contributed by atoms with Gasteiger partial charge in [-0.25, -0.2) is 15.0 Å². The minimum Gasteiger partial charge on any atom is -0.382 e. The Morgan fingerprint density at radius 1 is 1.29 bits per heavy atom. The molecule has 1 fully saturated rings. The predicted molar refractivity (Wildman–Crippen MR) is 94.4 cm³/mol. The number of likely N-dealkylation sites (tertiary alicyclic amines) is 1. The third kappa shape index (κ3) is 3.20. The van der Waals surface area contributed by atoms with E-state index in [2.05, 4.69) is 29.8 Å². The number of hydrogen-bond donors (Lipinski definition) is 2. The van der Waals surface area contributed by atoms with Crippen molar-refractivity contribution < 1.29 is 0 Å². The highest BCUT2D eigenvalue weighted by Crippen LogP contribution is 2.27. The standard InChI is InChI=1S/C16H19N7S/c17-16-15-14(21-10-22-16)12(5-20-15)8-23-4-1-11(7-23)9-24-13-6-18-2-3-19-13/h2-3,5-6,10-11,20H,1,4,7-9H2,(H2,17,21,22).